The van der Waals surface area contributed by atoms with Crippen molar-refractivity contribution in [2.75, 3.05) is 13.1 Å². The average molecular weight is 855 g/mol. The minimum Gasteiger partial charge on any atom is -0.445 e. The third-order valence-electron chi connectivity index (χ3n) is 11.5. The standard InChI is InChI=1S/C43H54N10O9/c1-43(2,61)35-22-48-51-53(35)29-21-34(40(58)49-31(36(54)37(44)55)15-9-10-18-45-42(60)62-24-27-13-7-4-8-14-27)52(23-29)41(59)33(19-26-11-5-3-6-12-26)50-38(56)28-16-17-30-32(20-28)46-25-47-39(30)57/h4,7-8,13-14,16-17,20,22,25-26,29,31,33-34,61H,3,5-6,9-12,15,18-19,21,23-24H2,1-2H3,(H2,44,55)(H,45,60)(H,49,58)(H,50,56)(H,46,47,57)/t29-,31?,33+,34-/m0/s1. The molecule has 0 spiro atoms. The van der Waals surface area contributed by atoms with Gasteiger partial charge in [-0.25, -0.2) is 14.5 Å². The summed E-state index contributed by atoms with van der Waals surface area (Å²) in [6.07, 6.45) is 7.65. The molecule has 2 aromatic carbocycles. The largest absolute Gasteiger partial charge is 0.445 e. The lowest BCUT2D eigenvalue weighted by Gasteiger charge is -2.32. The SMILES string of the molecule is CC(C)(O)c1cnnn1[C@H]1C[C@@H](C(=O)NC(CCCCNC(=O)OCc2ccccc2)C(=O)C(N)=O)N(C(=O)[C@@H](CC2CCCCC2)NC(=O)c2ccc3c(=O)[nH]cnc3c2)C1. The number of amides is 5. The zero-order valence-corrected chi connectivity index (χ0v) is 34.9. The van der Waals surface area contributed by atoms with Gasteiger partial charge < -0.3 is 41.4 Å². The van der Waals surface area contributed by atoms with Gasteiger partial charge in [0.1, 0.15) is 24.3 Å². The van der Waals surface area contributed by atoms with E-state index in [-0.39, 0.29) is 49.6 Å². The smallest absolute Gasteiger partial charge is 0.407 e. The van der Waals surface area contributed by atoms with Crippen LogP contribution in [0.5, 0.6) is 0 Å². The van der Waals surface area contributed by atoms with Crippen LogP contribution in [-0.2, 0) is 36.1 Å². The number of carbonyl (C=O) groups is 6. The Kier molecular flexibility index (Phi) is 14.8. The number of nitrogens with zero attached hydrogens (tertiary/aromatic N) is 5. The molecule has 7 N–H and O–H groups in total. The zero-order chi connectivity index (χ0) is 44.4. The van der Waals surface area contributed by atoms with Crippen LogP contribution in [0.15, 0.2) is 65.8 Å². The van der Waals surface area contributed by atoms with Gasteiger partial charge in [-0.3, -0.25) is 28.8 Å². The van der Waals surface area contributed by atoms with E-state index in [2.05, 4.69) is 36.2 Å². The monoisotopic (exact) mass is 854 g/mol. The fraction of sp³-hybridized carbons (Fsp3) is 0.488. The maximum atomic E-state index is 14.9. The summed E-state index contributed by atoms with van der Waals surface area (Å²) in [4.78, 5) is 101. The molecule has 2 fully saturated rings. The molecule has 6 rings (SSSR count). The first-order chi connectivity index (χ1) is 29.7. The predicted octanol–water partition coefficient (Wildman–Crippen LogP) is 2.29. The summed E-state index contributed by atoms with van der Waals surface area (Å²) in [6.45, 7) is 3.33. The molecule has 5 amide bonds. The second-order valence-corrected chi connectivity index (χ2v) is 16.5. The molecule has 1 aliphatic heterocycles. The maximum Gasteiger partial charge on any atom is 0.407 e. The van der Waals surface area contributed by atoms with Crippen LogP contribution in [0, 0.1) is 5.92 Å². The Hall–Kier alpha value is -6.50. The molecule has 1 unspecified atom stereocenters. The van der Waals surface area contributed by atoms with E-state index in [1.54, 1.807) is 13.8 Å². The van der Waals surface area contributed by atoms with E-state index in [9.17, 15) is 38.7 Å². The molecule has 1 saturated heterocycles. The number of fused-ring (bicyclic) bond motifs is 1. The number of hydrogen-bond donors (Lipinski definition) is 6. The minimum absolute atomic E-state index is 0.00285. The van der Waals surface area contributed by atoms with E-state index in [0.717, 1.165) is 37.7 Å². The molecule has 0 radical (unpaired) electrons. The molecular weight excluding hydrogens is 801 g/mol. The van der Waals surface area contributed by atoms with Crippen molar-refractivity contribution < 1.29 is 38.6 Å². The van der Waals surface area contributed by atoms with E-state index >= 15 is 0 Å². The van der Waals surface area contributed by atoms with Crippen LogP contribution in [0.2, 0.25) is 0 Å². The Morgan fingerprint density at radius 1 is 1.00 bits per heavy atom. The van der Waals surface area contributed by atoms with Crippen molar-refractivity contribution in [1.82, 2.24) is 45.8 Å². The number of carbonyl (C=O) groups excluding carboxylic acids is 6. The second kappa shape index (κ2) is 20.4. The van der Waals surface area contributed by atoms with E-state index in [1.807, 2.05) is 30.3 Å². The van der Waals surface area contributed by atoms with Gasteiger partial charge in [0.15, 0.2) is 0 Å². The molecule has 0 bridgehead atoms. The van der Waals surface area contributed by atoms with Crippen LogP contribution >= 0.6 is 0 Å². The van der Waals surface area contributed by atoms with Gasteiger partial charge in [-0.15, -0.1) is 5.10 Å². The second-order valence-electron chi connectivity index (χ2n) is 16.5. The van der Waals surface area contributed by atoms with Crippen LogP contribution in [-0.4, -0.2) is 102 Å². The summed E-state index contributed by atoms with van der Waals surface area (Å²) < 4.78 is 6.70. The molecule has 2 aliphatic rings. The highest BCUT2D eigenvalue weighted by Crippen LogP contribution is 2.33. The van der Waals surface area contributed by atoms with Crippen molar-refractivity contribution in [3.05, 3.63) is 88.2 Å². The molecule has 2 aromatic heterocycles. The number of nitrogens with one attached hydrogen (secondary N) is 4. The number of Topliss-reactive ketones (excluding diaryl/α,β-unsaturated/α-hetero) is 1. The number of hydrogen-bond acceptors (Lipinski definition) is 12. The number of H-pyrrole nitrogens is 1. The Bertz CT molecular complexity index is 2300. The third-order valence-corrected chi connectivity index (χ3v) is 11.5. The van der Waals surface area contributed by atoms with Crippen molar-refractivity contribution in [2.24, 2.45) is 11.7 Å². The van der Waals surface area contributed by atoms with E-state index in [0.29, 0.717) is 35.9 Å². The molecular formula is C43H54N10O9. The van der Waals surface area contributed by atoms with Gasteiger partial charge in [-0.2, -0.15) is 0 Å². The molecule has 19 nitrogen and oxygen atoms in total. The van der Waals surface area contributed by atoms with Gasteiger partial charge in [0.25, 0.3) is 17.4 Å². The topological polar surface area (TPSA) is 274 Å². The summed E-state index contributed by atoms with van der Waals surface area (Å²) in [5.41, 5.74) is 5.29. The van der Waals surface area contributed by atoms with E-state index in [1.165, 1.54) is 40.3 Å². The Balaban J connectivity index is 1.20. The first-order valence-electron chi connectivity index (χ1n) is 21.0. The summed E-state index contributed by atoms with van der Waals surface area (Å²) in [6, 6.07) is 9.30. The van der Waals surface area contributed by atoms with Gasteiger partial charge >= 0.3 is 6.09 Å². The Morgan fingerprint density at radius 3 is 2.48 bits per heavy atom. The van der Waals surface area contributed by atoms with Gasteiger partial charge in [0.2, 0.25) is 17.6 Å². The van der Waals surface area contributed by atoms with Crippen molar-refractivity contribution in [3.8, 4) is 0 Å². The van der Waals surface area contributed by atoms with Crippen LogP contribution in [0.1, 0.15) is 106 Å². The fourth-order valence-electron chi connectivity index (χ4n) is 8.21. The number of aromatic nitrogens is 5. The van der Waals surface area contributed by atoms with Crippen molar-refractivity contribution in [3.63, 3.8) is 0 Å². The summed E-state index contributed by atoms with van der Waals surface area (Å²) in [5.74, 6) is -4.04. The average Bonchev–Trinajstić information content (AvgIpc) is 3.94. The number of benzene rings is 2. The lowest BCUT2D eigenvalue weighted by molar-refractivity contribution is -0.142. The van der Waals surface area contributed by atoms with E-state index < -0.39 is 65.3 Å². The summed E-state index contributed by atoms with van der Waals surface area (Å²) in [5, 5.41) is 27.7. The number of unbranched alkanes of at least 4 members (excludes halogenated alkanes) is 1. The molecule has 62 heavy (non-hydrogen) atoms. The highest BCUT2D eigenvalue weighted by molar-refractivity contribution is 6.37. The van der Waals surface area contributed by atoms with Crippen LogP contribution < -0.4 is 27.2 Å². The van der Waals surface area contributed by atoms with Crippen molar-refractivity contribution in [2.45, 2.75) is 114 Å². The highest BCUT2D eigenvalue weighted by atomic mass is 16.5. The summed E-state index contributed by atoms with van der Waals surface area (Å²) in [7, 11) is 0. The number of alkyl carbamates (subject to hydrolysis) is 1. The number of aromatic amines is 1. The number of rotatable bonds is 18. The first kappa shape index (κ1) is 45.0. The predicted molar refractivity (Wildman–Crippen MR) is 224 cm³/mol. The number of likely N-dealkylation sites (tertiary alicyclic amines) is 1. The van der Waals surface area contributed by atoms with Gasteiger partial charge in [-0.1, -0.05) is 67.6 Å². The Labute approximate surface area is 357 Å². The lowest BCUT2D eigenvalue weighted by atomic mass is 9.84. The number of primary amides is 1. The molecule has 330 valence electrons. The fourth-order valence-corrected chi connectivity index (χ4v) is 8.21. The van der Waals surface area contributed by atoms with Gasteiger partial charge in [0, 0.05) is 25.1 Å². The lowest BCUT2D eigenvalue weighted by Crippen LogP contribution is -2.56. The van der Waals surface area contributed by atoms with Gasteiger partial charge in [-0.05, 0) is 69.2 Å². The van der Waals surface area contributed by atoms with Crippen LogP contribution in [0.3, 0.4) is 0 Å². The molecule has 19 heteroatoms. The summed E-state index contributed by atoms with van der Waals surface area (Å²) >= 11 is 0. The maximum absolute atomic E-state index is 14.9. The zero-order valence-electron chi connectivity index (χ0n) is 34.9. The molecule has 4 atom stereocenters. The molecule has 3 heterocycles. The number of ketones is 1. The van der Waals surface area contributed by atoms with Gasteiger partial charge in [0.05, 0.1) is 41.2 Å². The quantitative estimate of drug-likeness (QED) is 0.0622. The van der Waals surface area contributed by atoms with Crippen molar-refractivity contribution in [1.29, 1.82) is 0 Å². The molecule has 1 saturated carbocycles. The number of ether oxygens (including phenoxy) is 1. The third kappa shape index (κ3) is 11.4. The molecule has 4 aromatic rings. The number of nitrogens with two attached hydrogens (primary N) is 1. The minimum atomic E-state index is -1.39. The normalized spacial score (nSPS) is 17.8. The van der Waals surface area contributed by atoms with E-state index in [4.69, 9.17) is 10.5 Å². The Morgan fingerprint density at radius 2 is 1.76 bits per heavy atom. The van der Waals surface area contributed by atoms with Crippen LogP contribution in [0.4, 0.5) is 4.79 Å². The first-order valence-corrected chi connectivity index (χ1v) is 21.0. The number of aliphatic hydroxyl groups is 1. The molecule has 1 aliphatic carbocycles. The van der Waals surface area contributed by atoms with Crippen molar-refractivity contribution >= 4 is 46.4 Å². The highest BCUT2D eigenvalue weighted by Gasteiger charge is 2.45. The van der Waals surface area contributed by atoms with Crippen LogP contribution in [0.25, 0.3) is 10.9 Å².